The van der Waals surface area contributed by atoms with Crippen LogP contribution in [0.25, 0.3) is 11.1 Å². The lowest BCUT2D eigenvalue weighted by molar-refractivity contribution is -0.138. The van der Waals surface area contributed by atoms with Gasteiger partial charge in [-0.25, -0.2) is 18.7 Å². The first kappa shape index (κ1) is 25.4. The molecule has 1 atom stereocenters. The number of benzene rings is 1. The van der Waals surface area contributed by atoms with Crippen molar-refractivity contribution in [3.05, 3.63) is 70.5 Å². The van der Waals surface area contributed by atoms with Crippen LogP contribution in [-0.2, 0) is 17.8 Å². The van der Waals surface area contributed by atoms with E-state index >= 15 is 4.39 Å². The van der Waals surface area contributed by atoms with E-state index in [1.54, 1.807) is 16.2 Å². The highest BCUT2D eigenvalue weighted by molar-refractivity contribution is 7.14. The van der Waals surface area contributed by atoms with Gasteiger partial charge in [-0.1, -0.05) is 6.58 Å². The third-order valence-electron chi connectivity index (χ3n) is 8.63. The molecule has 6 rings (SSSR count). The average molecular weight is 547 g/mol. The average Bonchev–Trinajstić information content (AvgIpc) is 3.49. The fraction of sp³-hybridized carbons (Fsp3) is 0.379. The highest BCUT2D eigenvalue weighted by Crippen LogP contribution is 2.48. The molecule has 3 aliphatic rings. The number of thiazole rings is 1. The lowest BCUT2D eigenvalue weighted by atomic mass is 9.74. The Morgan fingerprint density at radius 3 is 2.77 bits per heavy atom. The number of carbonyl (C=O) groups excluding carboxylic acids is 1. The van der Waals surface area contributed by atoms with Gasteiger partial charge in [-0.3, -0.25) is 4.79 Å². The summed E-state index contributed by atoms with van der Waals surface area (Å²) in [5.74, 6) is -0.919. The molecule has 0 bridgehead atoms. The second-order valence-corrected chi connectivity index (χ2v) is 11.5. The Balaban J connectivity index is 1.46. The predicted octanol–water partition coefficient (Wildman–Crippen LogP) is 4.84. The third kappa shape index (κ3) is 3.98. The first-order valence-corrected chi connectivity index (χ1v) is 13.9. The van der Waals surface area contributed by atoms with Gasteiger partial charge < -0.3 is 14.7 Å². The van der Waals surface area contributed by atoms with Crippen molar-refractivity contribution in [1.82, 2.24) is 14.9 Å². The maximum atomic E-state index is 15.3. The fourth-order valence-corrected chi connectivity index (χ4v) is 7.27. The lowest BCUT2D eigenvalue weighted by Crippen LogP contribution is -2.62. The number of hydrogen-bond acceptors (Lipinski definition) is 7. The number of nitriles is 1. The number of anilines is 2. The number of halogens is 2. The number of aromatic nitrogens is 2. The van der Waals surface area contributed by atoms with Crippen LogP contribution in [0.1, 0.15) is 35.9 Å². The second-order valence-electron chi connectivity index (χ2n) is 10.6. The third-order valence-corrected chi connectivity index (χ3v) is 9.62. The van der Waals surface area contributed by atoms with Crippen molar-refractivity contribution < 1.29 is 13.6 Å². The number of pyridine rings is 1. The Morgan fingerprint density at radius 1 is 1.31 bits per heavy atom. The molecule has 10 heteroatoms. The Labute approximate surface area is 230 Å². The van der Waals surface area contributed by atoms with Gasteiger partial charge in [0.15, 0.2) is 0 Å². The van der Waals surface area contributed by atoms with Crippen molar-refractivity contribution in [2.24, 2.45) is 5.41 Å². The van der Waals surface area contributed by atoms with Gasteiger partial charge in [-0.2, -0.15) is 5.26 Å². The molecule has 5 heterocycles. The minimum atomic E-state index is -0.699. The summed E-state index contributed by atoms with van der Waals surface area (Å²) < 4.78 is 29.1. The molecule has 200 valence electrons. The molecule has 2 saturated heterocycles. The molecule has 0 unspecified atom stereocenters. The SMILES string of the molecule is C=CC(=O)N1CC2(CCN(c3nc4c(c(-c5ccc(F)cc5F)c3C#N)CCN(c3scnc3C)C4)[C@@H]2C)C1. The lowest BCUT2D eigenvalue weighted by Gasteiger charge is -2.51. The van der Waals surface area contributed by atoms with Crippen LogP contribution in [0.2, 0.25) is 0 Å². The second kappa shape index (κ2) is 9.42. The molecule has 2 aromatic heterocycles. The summed E-state index contributed by atoms with van der Waals surface area (Å²) in [4.78, 5) is 27.8. The summed E-state index contributed by atoms with van der Waals surface area (Å²) >= 11 is 1.57. The number of likely N-dealkylation sites (tertiary alicyclic amines) is 1. The minimum Gasteiger partial charge on any atom is -0.356 e. The van der Waals surface area contributed by atoms with Gasteiger partial charge in [0.2, 0.25) is 5.91 Å². The van der Waals surface area contributed by atoms with Crippen molar-refractivity contribution in [1.29, 1.82) is 5.26 Å². The van der Waals surface area contributed by atoms with E-state index in [0.717, 1.165) is 34.4 Å². The van der Waals surface area contributed by atoms with Crippen molar-refractivity contribution in [2.45, 2.75) is 39.3 Å². The summed E-state index contributed by atoms with van der Waals surface area (Å²) in [5.41, 5.74) is 5.30. The standard InChI is InChI=1S/C29H28F2N6OS/c1-4-25(38)36-14-29(15-36)8-10-37(18(29)3)27-22(12-32)26(20-6-5-19(30)11-23(20)31)21-7-9-35(13-24(21)34-27)28-17(2)33-16-39-28/h4-6,11,16,18H,1,7-10,13-15H2,2-3H3/t18-/m1/s1. The topological polar surface area (TPSA) is 76.4 Å². The van der Waals surface area contributed by atoms with Gasteiger partial charge in [-0.15, -0.1) is 11.3 Å². The summed E-state index contributed by atoms with van der Waals surface area (Å²) in [6.45, 7) is 10.8. The van der Waals surface area contributed by atoms with E-state index in [1.807, 2.05) is 12.4 Å². The van der Waals surface area contributed by atoms with Crippen LogP contribution in [0.3, 0.4) is 0 Å². The van der Waals surface area contributed by atoms with Gasteiger partial charge in [0.25, 0.3) is 0 Å². The van der Waals surface area contributed by atoms with Crippen molar-refractivity contribution in [3.63, 3.8) is 0 Å². The van der Waals surface area contributed by atoms with Crippen LogP contribution >= 0.6 is 11.3 Å². The monoisotopic (exact) mass is 546 g/mol. The van der Waals surface area contributed by atoms with E-state index in [4.69, 9.17) is 4.98 Å². The molecule has 39 heavy (non-hydrogen) atoms. The number of rotatable bonds is 4. The van der Waals surface area contributed by atoms with Crippen LogP contribution < -0.4 is 9.80 Å². The molecule has 2 fully saturated rings. The molecule has 0 radical (unpaired) electrons. The van der Waals surface area contributed by atoms with Crippen molar-refractivity contribution in [3.8, 4) is 17.2 Å². The minimum absolute atomic E-state index is 0.0124. The molecular weight excluding hydrogens is 518 g/mol. The highest BCUT2D eigenvalue weighted by Gasteiger charge is 2.54. The Bertz CT molecular complexity index is 1540. The van der Waals surface area contributed by atoms with Gasteiger partial charge in [0.1, 0.15) is 34.1 Å². The molecule has 1 aromatic carbocycles. The first-order chi connectivity index (χ1) is 18.8. The number of aryl methyl sites for hydroxylation is 1. The summed E-state index contributed by atoms with van der Waals surface area (Å²) in [6, 6.07) is 5.87. The van der Waals surface area contributed by atoms with E-state index in [2.05, 4.69) is 34.4 Å². The predicted molar refractivity (Wildman–Crippen MR) is 147 cm³/mol. The van der Waals surface area contributed by atoms with E-state index < -0.39 is 11.6 Å². The molecule has 0 saturated carbocycles. The van der Waals surface area contributed by atoms with Gasteiger partial charge >= 0.3 is 0 Å². The van der Waals surface area contributed by atoms with Crippen LogP contribution in [0.4, 0.5) is 19.6 Å². The highest BCUT2D eigenvalue weighted by atomic mass is 32.1. The van der Waals surface area contributed by atoms with Crippen LogP contribution in [0.5, 0.6) is 0 Å². The Morgan fingerprint density at radius 2 is 2.10 bits per heavy atom. The van der Waals surface area contributed by atoms with Crippen molar-refractivity contribution in [2.75, 3.05) is 36.0 Å². The quantitative estimate of drug-likeness (QED) is 0.436. The van der Waals surface area contributed by atoms with Gasteiger partial charge in [0, 0.05) is 54.8 Å². The zero-order chi connectivity index (χ0) is 27.5. The van der Waals surface area contributed by atoms with Gasteiger partial charge in [-0.05, 0) is 50.5 Å². The van der Waals surface area contributed by atoms with E-state index in [-0.39, 0.29) is 22.9 Å². The molecule has 1 amide bonds. The van der Waals surface area contributed by atoms with Crippen LogP contribution in [0.15, 0.2) is 36.4 Å². The number of carbonyl (C=O) groups is 1. The molecule has 1 spiro atoms. The molecular formula is C29H28F2N6OS. The molecule has 3 aromatic rings. The van der Waals surface area contributed by atoms with Crippen LogP contribution in [0, 0.1) is 35.3 Å². The fourth-order valence-electron chi connectivity index (χ4n) is 6.43. The summed E-state index contributed by atoms with van der Waals surface area (Å²) in [5, 5.41) is 11.5. The van der Waals surface area contributed by atoms with E-state index in [1.165, 1.54) is 18.2 Å². The zero-order valence-corrected chi connectivity index (χ0v) is 22.7. The van der Waals surface area contributed by atoms with E-state index in [0.29, 0.717) is 56.1 Å². The molecule has 7 nitrogen and oxygen atoms in total. The summed E-state index contributed by atoms with van der Waals surface area (Å²) in [7, 11) is 0. The Kier molecular flexibility index (Phi) is 6.14. The first-order valence-electron chi connectivity index (χ1n) is 13.0. The molecule has 0 aliphatic carbocycles. The molecule has 0 N–H and O–H groups in total. The number of amides is 1. The van der Waals surface area contributed by atoms with Crippen molar-refractivity contribution >= 4 is 28.1 Å². The maximum Gasteiger partial charge on any atom is 0.245 e. The molecule has 3 aliphatic heterocycles. The maximum absolute atomic E-state index is 15.3. The summed E-state index contributed by atoms with van der Waals surface area (Å²) in [6.07, 6.45) is 2.76. The Hall–Kier alpha value is -3.84. The van der Waals surface area contributed by atoms with Gasteiger partial charge in [0.05, 0.1) is 23.4 Å². The normalized spacial score (nSPS) is 19.6. The largest absolute Gasteiger partial charge is 0.356 e. The smallest absolute Gasteiger partial charge is 0.245 e. The van der Waals surface area contributed by atoms with E-state index in [9.17, 15) is 14.4 Å². The number of nitrogens with zero attached hydrogens (tertiary/aromatic N) is 6. The number of hydrogen-bond donors (Lipinski definition) is 0. The number of fused-ring (bicyclic) bond motifs is 1. The van der Waals surface area contributed by atoms with Crippen LogP contribution in [-0.4, -0.2) is 53.0 Å². The zero-order valence-electron chi connectivity index (χ0n) is 21.9.